The monoisotopic (exact) mass is 371 g/mol. The summed E-state index contributed by atoms with van der Waals surface area (Å²) in [6, 6.07) is 13.5. The van der Waals surface area contributed by atoms with Gasteiger partial charge in [-0.05, 0) is 36.2 Å². The van der Waals surface area contributed by atoms with Crippen LogP contribution in [0.1, 0.15) is 21.6 Å². The fourth-order valence-electron chi connectivity index (χ4n) is 2.51. The van der Waals surface area contributed by atoms with Gasteiger partial charge in [-0.3, -0.25) is 9.36 Å². The molecular weight excluding hydrogens is 358 g/mol. The minimum Gasteiger partial charge on any atom is -0.476 e. The third kappa shape index (κ3) is 3.29. The molecule has 0 spiro atoms. The highest BCUT2D eigenvalue weighted by Gasteiger charge is 2.20. The van der Waals surface area contributed by atoms with Gasteiger partial charge in [0.1, 0.15) is 0 Å². The lowest BCUT2D eigenvalue weighted by Gasteiger charge is -2.12. The second-order valence-electron chi connectivity index (χ2n) is 5.67. The Morgan fingerprint density at radius 3 is 2.54 bits per heavy atom. The van der Waals surface area contributed by atoms with E-state index in [-0.39, 0.29) is 6.54 Å². The summed E-state index contributed by atoms with van der Waals surface area (Å²) in [4.78, 5) is 36.7. The predicted molar refractivity (Wildman–Crippen MR) is 96.3 cm³/mol. The molecule has 0 radical (unpaired) electrons. The van der Waals surface area contributed by atoms with E-state index in [0.717, 1.165) is 14.8 Å². The number of hydrogen-bond acceptors (Lipinski definition) is 4. The van der Waals surface area contributed by atoms with Crippen LogP contribution in [-0.2, 0) is 6.54 Å². The minimum atomic E-state index is -1.51. The molecule has 2 aromatic carbocycles. The summed E-state index contributed by atoms with van der Waals surface area (Å²) >= 11 is 6.10. The van der Waals surface area contributed by atoms with Gasteiger partial charge in [0, 0.05) is 5.02 Å². The standard InChI is InChI=1S/C18H14ClN3O4/c1-11-5-4-7-13(9-11)22-18(26)21(16(23)15(20-22)17(24)25)10-12-6-2-3-8-14(12)19/h2-9H,10H2,1H3,(H,24,25). The number of rotatable bonds is 4. The van der Waals surface area contributed by atoms with Crippen molar-refractivity contribution in [2.75, 3.05) is 0 Å². The maximum absolute atomic E-state index is 12.8. The van der Waals surface area contributed by atoms with Crippen LogP contribution < -0.4 is 11.2 Å². The molecule has 132 valence electrons. The minimum absolute atomic E-state index is 0.161. The number of hydrogen-bond donors (Lipinski definition) is 1. The van der Waals surface area contributed by atoms with Gasteiger partial charge in [0.15, 0.2) is 0 Å². The van der Waals surface area contributed by atoms with Crippen LogP contribution in [0.15, 0.2) is 58.1 Å². The van der Waals surface area contributed by atoms with Crippen molar-refractivity contribution in [3.05, 3.63) is 91.2 Å². The molecule has 0 fully saturated rings. The second kappa shape index (κ2) is 6.97. The number of benzene rings is 2. The van der Waals surface area contributed by atoms with Gasteiger partial charge in [-0.1, -0.05) is 41.9 Å². The van der Waals surface area contributed by atoms with Crippen molar-refractivity contribution in [2.45, 2.75) is 13.5 Å². The number of aryl methyl sites for hydroxylation is 1. The average Bonchev–Trinajstić information content (AvgIpc) is 2.60. The summed E-state index contributed by atoms with van der Waals surface area (Å²) in [5, 5.41) is 13.4. The predicted octanol–water partition coefficient (Wildman–Crippen LogP) is 2.10. The second-order valence-corrected chi connectivity index (χ2v) is 6.08. The fraction of sp³-hybridized carbons (Fsp3) is 0.111. The first-order valence-corrected chi connectivity index (χ1v) is 8.04. The summed E-state index contributed by atoms with van der Waals surface area (Å²) in [6.07, 6.45) is 0. The highest BCUT2D eigenvalue weighted by molar-refractivity contribution is 6.31. The Bertz CT molecular complexity index is 1120. The first-order valence-electron chi connectivity index (χ1n) is 7.66. The highest BCUT2D eigenvalue weighted by atomic mass is 35.5. The molecule has 0 saturated carbocycles. The lowest BCUT2D eigenvalue weighted by atomic mass is 10.2. The molecule has 0 bridgehead atoms. The van der Waals surface area contributed by atoms with Gasteiger partial charge in [-0.2, -0.15) is 9.78 Å². The zero-order valence-electron chi connectivity index (χ0n) is 13.7. The zero-order valence-corrected chi connectivity index (χ0v) is 14.5. The summed E-state index contributed by atoms with van der Waals surface area (Å²) in [7, 11) is 0. The summed E-state index contributed by atoms with van der Waals surface area (Å²) in [5.41, 5.74) is -0.718. The number of nitrogens with zero attached hydrogens (tertiary/aromatic N) is 3. The molecule has 0 aliphatic rings. The third-order valence-electron chi connectivity index (χ3n) is 3.79. The molecule has 1 N–H and O–H groups in total. The summed E-state index contributed by atoms with van der Waals surface area (Å²) < 4.78 is 1.73. The van der Waals surface area contributed by atoms with Crippen LogP contribution in [0.5, 0.6) is 0 Å². The van der Waals surface area contributed by atoms with E-state index >= 15 is 0 Å². The van der Waals surface area contributed by atoms with E-state index in [9.17, 15) is 19.5 Å². The van der Waals surface area contributed by atoms with Crippen LogP contribution in [0.25, 0.3) is 5.69 Å². The van der Waals surface area contributed by atoms with Crippen molar-refractivity contribution in [2.24, 2.45) is 0 Å². The van der Waals surface area contributed by atoms with Crippen molar-refractivity contribution in [1.29, 1.82) is 0 Å². The van der Waals surface area contributed by atoms with Gasteiger partial charge in [0.05, 0.1) is 12.2 Å². The molecule has 26 heavy (non-hydrogen) atoms. The van der Waals surface area contributed by atoms with Crippen molar-refractivity contribution in [3.8, 4) is 5.69 Å². The van der Waals surface area contributed by atoms with Crippen molar-refractivity contribution in [1.82, 2.24) is 14.3 Å². The maximum Gasteiger partial charge on any atom is 0.362 e. The SMILES string of the molecule is Cc1cccc(-n2nc(C(=O)O)c(=O)n(Cc3ccccc3Cl)c2=O)c1. The number of aromatic carboxylic acids is 1. The molecule has 0 amide bonds. The lowest BCUT2D eigenvalue weighted by molar-refractivity contribution is 0.0684. The van der Waals surface area contributed by atoms with Crippen molar-refractivity contribution >= 4 is 17.6 Å². The number of aromatic nitrogens is 3. The summed E-state index contributed by atoms with van der Waals surface area (Å²) in [5.74, 6) is -1.51. The lowest BCUT2D eigenvalue weighted by Crippen LogP contribution is -2.44. The average molecular weight is 372 g/mol. The van der Waals surface area contributed by atoms with Gasteiger partial charge in [-0.15, -0.1) is 0 Å². The Morgan fingerprint density at radius 1 is 1.15 bits per heavy atom. The molecule has 1 aromatic heterocycles. The van der Waals surface area contributed by atoms with E-state index in [1.807, 2.05) is 13.0 Å². The normalized spacial score (nSPS) is 10.7. The molecule has 0 unspecified atom stereocenters. The van der Waals surface area contributed by atoms with Crippen LogP contribution in [0.3, 0.4) is 0 Å². The first-order chi connectivity index (χ1) is 12.4. The molecule has 0 saturated heterocycles. The van der Waals surface area contributed by atoms with E-state index < -0.39 is 22.9 Å². The molecule has 0 aliphatic heterocycles. The molecule has 3 aromatic rings. The molecule has 0 aliphatic carbocycles. The zero-order chi connectivity index (χ0) is 18.8. The molecule has 0 atom stereocenters. The number of carboxylic acid groups (broad SMARTS) is 1. The van der Waals surface area contributed by atoms with Crippen LogP contribution in [-0.4, -0.2) is 25.4 Å². The van der Waals surface area contributed by atoms with E-state index in [0.29, 0.717) is 16.3 Å². The van der Waals surface area contributed by atoms with Crippen LogP contribution in [0, 0.1) is 6.92 Å². The Labute approximate surface area is 152 Å². The number of carboxylic acids is 1. The quantitative estimate of drug-likeness (QED) is 0.758. The van der Waals surface area contributed by atoms with Gasteiger partial charge < -0.3 is 5.11 Å². The number of halogens is 1. The molecular formula is C18H14ClN3O4. The van der Waals surface area contributed by atoms with Crippen molar-refractivity contribution in [3.63, 3.8) is 0 Å². The van der Waals surface area contributed by atoms with Gasteiger partial charge in [-0.25, -0.2) is 9.59 Å². The Kier molecular flexibility index (Phi) is 4.73. The molecule has 3 rings (SSSR count). The van der Waals surface area contributed by atoms with E-state index in [2.05, 4.69) is 5.10 Å². The van der Waals surface area contributed by atoms with E-state index in [1.165, 1.54) is 0 Å². The van der Waals surface area contributed by atoms with Crippen LogP contribution >= 0.6 is 11.6 Å². The topological polar surface area (TPSA) is 94.2 Å². The molecule has 8 heteroatoms. The molecule has 1 heterocycles. The Hall–Kier alpha value is -3.19. The van der Waals surface area contributed by atoms with Crippen molar-refractivity contribution < 1.29 is 9.90 Å². The van der Waals surface area contributed by atoms with E-state index in [4.69, 9.17) is 11.6 Å². The van der Waals surface area contributed by atoms with Crippen LogP contribution in [0.4, 0.5) is 0 Å². The van der Waals surface area contributed by atoms with Gasteiger partial charge in [0.2, 0.25) is 5.69 Å². The number of carbonyl (C=O) groups is 1. The van der Waals surface area contributed by atoms with E-state index in [1.54, 1.807) is 42.5 Å². The first kappa shape index (κ1) is 17.6. The maximum atomic E-state index is 12.8. The largest absolute Gasteiger partial charge is 0.476 e. The molecule has 7 nitrogen and oxygen atoms in total. The summed E-state index contributed by atoms with van der Waals surface area (Å²) in [6.45, 7) is 1.67. The third-order valence-corrected chi connectivity index (χ3v) is 4.16. The fourth-order valence-corrected chi connectivity index (χ4v) is 2.71. The van der Waals surface area contributed by atoms with Gasteiger partial charge in [0.25, 0.3) is 5.56 Å². The Balaban J connectivity index is 2.27. The van der Waals surface area contributed by atoms with Crippen LogP contribution in [0.2, 0.25) is 5.02 Å². The van der Waals surface area contributed by atoms with Gasteiger partial charge >= 0.3 is 11.7 Å². The highest BCUT2D eigenvalue weighted by Crippen LogP contribution is 2.15. The smallest absolute Gasteiger partial charge is 0.362 e. The Morgan fingerprint density at radius 2 is 1.88 bits per heavy atom.